The van der Waals surface area contributed by atoms with Crippen molar-refractivity contribution in [2.75, 3.05) is 15.4 Å². The maximum Gasteiger partial charge on any atom is 0.323 e. The van der Waals surface area contributed by atoms with Crippen LogP contribution in [0.5, 0.6) is 0 Å². The first-order valence-electron chi connectivity index (χ1n) is 6.33. The van der Waals surface area contributed by atoms with Crippen molar-refractivity contribution in [1.82, 2.24) is 0 Å². The van der Waals surface area contributed by atoms with Crippen LogP contribution in [0.15, 0.2) is 42.5 Å². The highest BCUT2D eigenvalue weighted by Crippen LogP contribution is 2.21. The summed E-state index contributed by atoms with van der Waals surface area (Å²) in [5, 5.41) is 15.2. The van der Waals surface area contributed by atoms with E-state index in [0.717, 1.165) is 18.2 Å². The fourth-order valence-electron chi connectivity index (χ4n) is 1.73. The first-order valence-corrected chi connectivity index (χ1v) is 7.40. The molecule has 2 aromatic carbocycles. The molecule has 24 heavy (non-hydrogen) atoms. The fraction of sp³-hybridized carbons (Fsp3) is 0. The maximum atomic E-state index is 13.6. The van der Waals surface area contributed by atoms with E-state index in [1.807, 2.05) is 0 Å². The fourth-order valence-corrected chi connectivity index (χ4v) is 2.05. The number of non-ortho nitro benzene ring substituents is 1. The molecule has 2 amide bonds. The lowest BCUT2D eigenvalue weighted by atomic mass is 10.2. The number of hydrogen-bond donors (Lipinski definition) is 3. The van der Waals surface area contributed by atoms with Crippen LogP contribution in [-0.4, -0.2) is 19.7 Å². The first kappa shape index (κ1) is 17.3. The van der Waals surface area contributed by atoms with E-state index in [1.165, 1.54) is 24.3 Å². The van der Waals surface area contributed by atoms with Gasteiger partial charge in [-0.2, -0.15) is 0 Å². The Morgan fingerprint density at radius 3 is 2.29 bits per heavy atom. The van der Waals surface area contributed by atoms with Crippen LogP contribution in [0.25, 0.3) is 0 Å². The number of amides is 2. The molecule has 0 bridgehead atoms. The van der Waals surface area contributed by atoms with Crippen molar-refractivity contribution in [3.8, 4) is 0 Å². The van der Waals surface area contributed by atoms with Crippen LogP contribution in [0.3, 0.4) is 0 Å². The topological polar surface area (TPSA) is 136 Å². The normalized spacial score (nSPS) is 11.4. The van der Waals surface area contributed by atoms with Crippen molar-refractivity contribution in [2.24, 2.45) is 0 Å². The number of carbonyl (C=O) groups excluding carboxylic acids is 1. The predicted octanol–water partition coefficient (Wildman–Crippen LogP) is 2.58. The van der Waals surface area contributed by atoms with E-state index in [1.54, 1.807) is 0 Å². The molecule has 0 aliphatic heterocycles. The second-order valence-electron chi connectivity index (χ2n) is 4.41. The van der Waals surface area contributed by atoms with Gasteiger partial charge in [-0.05, 0) is 30.3 Å². The summed E-state index contributed by atoms with van der Waals surface area (Å²) in [5.74, 6) is -0.826. The van der Waals surface area contributed by atoms with Crippen molar-refractivity contribution in [3.63, 3.8) is 0 Å². The van der Waals surface area contributed by atoms with Gasteiger partial charge in [-0.25, -0.2) is 9.18 Å². The summed E-state index contributed by atoms with van der Waals surface area (Å²) in [6.45, 7) is 0. The third-order valence-corrected chi connectivity index (χ3v) is 3.16. The first-order chi connectivity index (χ1) is 11.3. The van der Waals surface area contributed by atoms with E-state index in [-0.39, 0.29) is 11.4 Å². The summed E-state index contributed by atoms with van der Waals surface area (Å²) in [4.78, 5) is 21.7. The summed E-state index contributed by atoms with van der Waals surface area (Å²) in [6, 6.07) is 7.56. The Morgan fingerprint density at radius 1 is 1.08 bits per heavy atom. The van der Waals surface area contributed by atoms with E-state index < -0.39 is 28.0 Å². The van der Waals surface area contributed by atoms with Crippen LogP contribution in [0.2, 0.25) is 0 Å². The highest BCUT2D eigenvalue weighted by atomic mass is 32.2. The molecule has 0 saturated carbocycles. The van der Waals surface area contributed by atoms with E-state index in [2.05, 4.69) is 15.4 Å². The monoisotopic (exact) mass is 353 g/mol. The van der Waals surface area contributed by atoms with Gasteiger partial charge in [-0.1, -0.05) is 0 Å². The smallest absolute Gasteiger partial charge is 0.323 e. The van der Waals surface area contributed by atoms with Gasteiger partial charge < -0.3 is 19.9 Å². The average Bonchev–Trinajstić information content (AvgIpc) is 2.50. The van der Waals surface area contributed by atoms with Gasteiger partial charge in [0.2, 0.25) is 0 Å². The molecule has 2 rings (SSSR count). The van der Waals surface area contributed by atoms with Gasteiger partial charge in [0.15, 0.2) is 0 Å². The van der Waals surface area contributed by atoms with Crippen LogP contribution in [0.1, 0.15) is 0 Å². The molecule has 1 atom stereocenters. The van der Waals surface area contributed by atoms with Crippen molar-refractivity contribution in [3.05, 3.63) is 58.4 Å². The lowest BCUT2D eigenvalue weighted by Crippen LogP contribution is -2.20. The molecule has 9 nitrogen and oxygen atoms in total. The van der Waals surface area contributed by atoms with Crippen LogP contribution in [-0.2, 0) is 11.3 Å². The maximum absolute atomic E-state index is 13.6. The molecule has 0 aromatic heterocycles. The Balaban J connectivity index is 2.04. The molecule has 0 radical (unpaired) electrons. The predicted molar refractivity (Wildman–Crippen MR) is 84.7 cm³/mol. The third kappa shape index (κ3) is 4.72. The largest absolute Gasteiger partial charge is 0.755 e. The number of halogens is 1. The van der Waals surface area contributed by atoms with Crippen molar-refractivity contribution >= 4 is 40.0 Å². The number of urea groups is 1. The van der Waals surface area contributed by atoms with Crippen LogP contribution < -0.4 is 15.4 Å². The molecule has 0 spiro atoms. The minimum Gasteiger partial charge on any atom is -0.755 e. The molecule has 1 unspecified atom stereocenters. The Hall–Kier alpha value is -3.05. The number of nitrogens with one attached hydrogen (secondary N) is 3. The zero-order valence-electron chi connectivity index (χ0n) is 11.8. The molecule has 2 aromatic rings. The van der Waals surface area contributed by atoms with Gasteiger partial charge in [-0.3, -0.25) is 14.3 Å². The van der Waals surface area contributed by atoms with Crippen molar-refractivity contribution in [2.45, 2.75) is 0 Å². The molecule has 126 valence electrons. The molecule has 11 heteroatoms. The second kappa shape index (κ2) is 7.48. The summed E-state index contributed by atoms with van der Waals surface area (Å²) in [5.41, 5.74) is -0.117. The Morgan fingerprint density at radius 2 is 1.71 bits per heavy atom. The van der Waals surface area contributed by atoms with Crippen LogP contribution >= 0.6 is 0 Å². The molecule has 3 N–H and O–H groups in total. The van der Waals surface area contributed by atoms with Crippen LogP contribution in [0.4, 0.5) is 31.9 Å². The van der Waals surface area contributed by atoms with Gasteiger partial charge in [0.05, 0.1) is 10.6 Å². The summed E-state index contributed by atoms with van der Waals surface area (Å²) < 4.78 is 36.6. The summed E-state index contributed by atoms with van der Waals surface area (Å²) >= 11 is -2.47. The lowest BCUT2D eigenvalue weighted by Gasteiger charge is -2.11. The number of rotatable bonds is 5. The highest BCUT2D eigenvalue weighted by molar-refractivity contribution is 7.80. The zero-order chi connectivity index (χ0) is 17.7. The van der Waals surface area contributed by atoms with Gasteiger partial charge in [0.1, 0.15) is 5.82 Å². The van der Waals surface area contributed by atoms with E-state index in [9.17, 15) is 28.1 Å². The molecule has 0 heterocycles. The van der Waals surface area contributed by atoms with Crippen LogP contribution in [0, 0.1) is 15.9 Å². The lowest BCUT2D eigenvalue weighted by molar-refractivity contribution is -0.384. The SMILES string of the molecule is O=C(Nc1ccc(NS(=O)[O-])cc1)Nc1cc([N+](=O)[O-])ccc1F. The molecule has 0 aliphatic carbocycles. The van der Waals surface area contributed by atoms with Gasteiger partial charge in [-0.15, -0.1) is 0 Å². The van der Waals surface area contributed by atoms with Gasteiger partial charge in [0, 0.05) is 34.8 Å². The molecule has 0 aliphatic rings. The summed E-state index contributed by atoms with van der Waals surface area (Å²) in [7, 11) is 0. The molecular weight excluding hydrogens is 343 g/mol. The highest BCUT2D eigenvalue weighted by Gasteiger charge is 2.13. The van der Waals surface area contributed by atoms with Gasteiger partial charge in [0.25, 0.3) is 5.69 Å². The molecule has 0 saturated heterocycles. The number of benzene rings is 2. The van der Waals surface area contributed by atoms with E-state index in [0.29, 0.717) is 11.4 Å². The van der Waals surface area contributed by atoms with E-state index in [4.69, 9.17) is 0 Å². The quantitative estimate of drug-likeness (QED) is 0.431. The van der Waals surface area contributed by atoms with Gasteiger partial charge >= 0.3 is 6.03 Å². The van der Waals surface area contributed by atoms with E-state index >= 15 is 0 Å². The molecule has 0 fully saturated rings. The Bertz CT molecular complexity index is 799. The second-order valence-corrected chi connectivity index (χ2v) is 5.09. The Kier molecular flexibility index (Phi) is 5.39. The van der Waals surface area contributed by atoms with Crippen molar-refractivity contribution < 1.29 is 22.9 Å². The number of nitrogens with zero attached hydrogens (tertiary/aromatic N) is 1. The summed E-state index contributed by atoms with van der Waals surface area (Å²) in [6.07, 6.45) is 0. The number of nitro groups is 1. The number of anilines is 3. The standard InChI is InChI=1S/C13H11FN4O5S/c14-11-6-5-10(18(20)21)7-12(11)16-13(19)15-8-1-3-9(4-2-8)17-24(22)23/h1-7,17H,(H,22,23)(H2,15,16,19)/p-1. The number of carbonyl (C=O) groups is 1. The minimum atomic E-state index is -2.47. The third-order valence-electron chi connectivity index (χ3n) is 2.75. The zero-order valence-corrected chi connectivity index (χ0v) is 12.6. The minimum absolute atomic E-state index is 0.291. The number of hydrogen-bond acceptors (Lipinski definition) is 5. The average molecular weight is 353 g/mol. The molecular formula is C13H10FN4O5S-. The Labute approximate surface area is 137 Å². The van der Waals surface area contributed by atoms with Crippen molar-refractivity contribution in [1.29, 1.82) is 0 Å². The number of nitro benzene ring substituents is 1.